The van der Waals surface area contributed by atoms with E-state index in [0.717, 1.165) is 24.7 Å². The maximum absolute atomic E-state index is 9.45. The van der Waals surface area contributed by atoms with E-state index in [1.807, 2.05) is 0 Å². The molecule has 2 rings (SSSR count). The molecule has 64 valence electrons. The standard InChI is InChI=1S/C10H18O/c11-10-6-8-4-2-1-3-5-9(8)7-10/h8-11H,1-7H2/t8-,9-/m1/s1. The molecule has 0 amide bonds. The van der Waals surface area contributed by atoms with Crippen molar-refractivity contribution in [2.45, 2.75) is 51.0 Å². The van der Waals surface area contributed by atoms with Gasteiger partial charge in [-0.25, -0.2) is 0 Å². The van der Waals surface area contributed by atoms with E-state index in [4.69, 9.17) is 0 Å². The van der Waals surface area contributed by atoms with Crippen LogP contribution in [0, 0.1) is 11.8 Å². The van der Waals surface area contributed by atoms with E-state index < -0.39 is 0 Å². The molecule has 2 fully saturated rings. The summed E-state index contributed by atoms with van der Waals surface area (Å²) in [6, 6.07) is 0. The van der Waals surface area contributed by atoms with Crippen LogP contribution < -0.4 is 0 Å². The first-order valence-corrected chi connectivity index (χ1v) is 5.04. The summed E-state index contributed by atoms with van der Waals surface area (Å²) in [7, 11) is 0. The van der Waals surface area contributed by atoms with Crippen LogP contribution >= 0.6 is 0 Å². The average molecular weight is 154 g/mol. The van der Waals surface area contributed by atoms with Crippen LogP contribution in [-0.4, -0.2) is 11.2 Å². The smallest absolute Gasteiger partial charge is 0.0545 e. The lowest BCUT2D eigenvalue weighted by Crippen LogP contribution is -2.04. The SMILES string of the molecule is OC1C[C@H]2CCCCC[C@@H]2C1. The molecule has 0 aromatic rings. The van der Waals surface area contributed by atoms with Crippen LogP contribution in [0.2, 0.25) is 0 Å². The van der Waals surface area contributed by atoms with Gasteiger partial charge in [-0.15, -0.1) is 0 Å². The highest BCUT2D eigenvalue weighted by atomic mass is 16.3. The summed E-state index contributed by atoms with van der Waals surface area (Å²) in [6.07, 6.45) is 9.28. The number of rotatable bonds is 0. The van der Waals surface area contributed by atoms with Gasteiger partial charge >= 0.3 is 0 Å². The number of aliphatic hydroxyl groups excluding tert-OH is 1. The van der Waals surface area contributed by atoms with Crippen molar-refractivity contribution in [1.29, 1.82) is 0 Å². The van der Waals surface area contributed by atoms with E-state index in [1.165, 1.54) is 32.1 Å². The van der Waals surface area contributed by atoms with Gasteiger partial charge in [0.15, 0.2) is 0 Å². The van der Waals surface area contributed by atoms with Crippen molar-refractivity contribution in [3.05, 3.63) is 0 Å². The zero-order chi connectivity index (χ0) is 7.68. The lowest BCUT2D eigenvalue weighted by molar-refractivity contribution is 0.173. The summed E-state index contributed by atoms with van der Waals surface area (Å²) in [6.45, 7) is 0. The van der Waals surface area contributed by atoms with Crippen LogP contribution in [0.4, 0.5) is 0 Å². The van der Waals surface area contributed by atoms with Crippen molar-refractivity contribution in [1.82, 2.24) is 0 Å². The maximum Gasteiger partial charge on any atom is 0.0545 e. The lowest BCUT2D eigenvalue weighted by atomic mass is 9.92. The summed E-state index contributed by atoms with van der Waals surface area (Å²) < 4.78 is 0. The van der Waals surface area contributed by atoms with Gasteiger partial charge in [-0.05, 0) is 24.7 Å². The van der Waals surface area contributed by atoms with Crippen LogP contribution in [0.25, 0.3) is 0 Å². The molecule has 0 spiro atoms. The molecule has 0 aliphatic heterocycles. The van der Waals surface area contributed by atoms with Crippen molar-refractivity contribution < 1.29 is 5.11 Å². The van der Waals surface area contributed by atoms with Crippen LogP contribution in [0.3, 0.4) is 0 Å². The van der Waals surface area contributed by atoms with E-state index in [2.05, 4.69) is 0 Å². The second-order valence-electron chi connectivity index (χ2n) is 4.28. The Morgan fingerprint density at radius 2 is 1.36 bits per heavy atom. The van der Waals surface area contributed by atoms with E-state index in [1.54, 1.807) is 0 Å². The number of fused-ring (bicyclic) bond motifs is 1. The summed E-state index contributed by atoms with van der Waals surface area (Å²) in [5, 5.41) is 9.45. The molecule has 2 aliphatic rings. The molecule has 11 heavy (non-hydrogen) atoms. The van der Waals surface area contributed by atoms with Gasteiger partial charge in [0.2, 0.25) is 0 Å². The Hall–Kier alpha value is -0.0400. The molecule has 0 saturated heterocycles. The Kier molecular flexibility index (Phi) is 2.17. The van der Waals surface area contributed by atoms with Gasteiger partial charge < -0.3 is 5.11 Å². The summed E-state index contributed by atoms with van der Waals surface area (Å²) >= 11 is 0. The molecule has 0 bridgehead atoms. The Labute approximate surface area is 68.8 Å². The third-order valence-corrected chi connectivity index (χ3v) is 3.47. The van der Waals surface area contributed by atoms with Crippen LogP contribution in [0.5, 0.6) is 0 Å². The van der Waals surface area contributed by atoms with Crippen molar-refractivity contribution in [3.8, 4) is 0 Å². The molecular formula is C10H18O. The fraction of sp³-hybridized carbons (Fsp3) is 1.00. The number of hydrogen-bond acceptors (Lipinski definition) is 1. The van der Waals surface area contributed by atoms with Crippen molar-refractivity contribution >= 4 is 0 Å². The molecule has 1 nitrogen and oxygen atoms in total. The van der Waals surface area contributed by atoms with Crippen LogP contribution in [-0.2, 0) is 0 Å². The van der Waals surface area contributed by atoms with E-state index >= 15 is 0 Å². The first-order valence-electron chi connectivity index (χ1n) is 5.04. The van der Waals surface area contributed by atoms with E-state index in [-0.39, 0.29) is 6.10 Å². The van der Waals surface area contributed by atoms with Gasteiger partial charge in [0, 0.05) is 0 Å². The Morgan fingerprint density at radius 1 is 0.818 bits per heavy atom. The van der Waals surface area contributed by atoms with Gasteiger partial charge in [-0.1, -0.05) is 32.1 Å². The van der Waals surface area contributed by atoms with Crippen molar-refractivity contribution in [2.75, 3.05) is 0 Å². The number of aliphatic hydroxyl groups is 1. The normalized spacial score (nSPS) is 40.1. The molecule has 0 unspecified atom stereocenters. The first kappa shape index (κ1) is 7.60. The Bertz CT molecular complexity index is 119. The van der Waals surface area contributed by atoms with Gasteiger partial charge in [0.25, 0.3) is 0 Å². The molecule has 0 heterocycles. The second kappa shape index (κ2) is 3.14. The van der Waals surface area contributed by atoms with Gasteiger partial charge in [-0.2, -0.15) is 0 Å². The molecule has 2 aliphatic carbocycles. The molecule has 1 N–H and O–H groups in total. The van der Waals surface area contributed by atoms with E-state index in [9.17, 15) is 5.11 Å². The van der Waals surface area contributed by atoms with Gasteiger partial charge in [0.1, 0.15) is 0 Å². The fourth-order valence-corrected chi connectivity index (χ4v) is 2.88. The zero-order valence-corrected chi connectivity index (χ0v) is 7.13. The summed E-state index contributed by atoms with van der Waals surface area (Å²) in [4.78, 5) is 0. The summed E-state index contributed by atoms with van der Waals surface area (Å²) in [5.41, 5.74) is 0. The fourth-order valence-electron chi connectivity index (χ4n) is 2.88. The van der Waals surface area contributed by atoms with E-state index in [0.29, 0.717) is 0 Å². The zero-order valence-electron chi connectivity index (χ0n) is 7.13. The summed E-state index contributed by atoms with van der Waals surface area (Å²) in [5.74, 6) is 1.76. The average Bonchev–Trinajstić information content (AvgIpc) is 2.17. The molecule has 0 aromatic carbocycles. The molecule has 1 heteroatoms. The van der Waals surface area contributed by atoms with Crippen LogP contribution in [0.1, 0.15) is 44.9 Å². The van der Waals surface area contributed by atoms with Gasteiger partial charge in [-0.3, -0.25) is 0 Å². The first-order chi connectivity index (χ1) is 5.36. The third-order valence-electron chi connectivity index (χ3n) is 3.47. The molecule has 2 atom stereocenters. The second-order valence-corrected chi connectivity index (χ2v) is 4.28. The quantitative estimate of drug-likeness (QED) is 0.568. The highest BCUT2D eigenvalue weighted by molar-refractivity contribution is 4.84. The molecule has 0 radical (unpaired) electrons. The highest BCUT2D eigenvalue weighted by Crippen LogP contribution is 2.40. The van der Waals surface area contributed by atoms with Crippen LogP contribution in [0.15, 0.2) is 0 Å². The topological polar surface area (TPSA) is 20.2 Å². The number of hydrogen-bond donors (Lipinski definition) is 1. The molecule has 0 aromatic heterocycles. The Morgan fingerprint density at radius 3 is 1.91 bits per heavy atom. The predicted octanol–water partition coefficient (Wildman–Crippen LogP) is 2.34. The largest absolute Gasteiger partial charge is 0.393 e. The van der Waals surface area contributed by atoms with Crippen molar-refractivity contribution in [3.63, 3.8) is 0 Å². The minimum atomic E-state index is 0.0445. The minimum absolute atomic E-state index is 0.0445. The maximum atomic E-state index is 9.45. The van der Waals surface area contributed by atoms with Crippen molar-refractivity contribution in [2.24, 2.45) is 11.8 Å². The lowest BCUT2D eigenvalue weighted by Gasteiger charge is -2.13. The van der Waals surface area contributed by atoms with Gasteiger partial charge in [0.05, 0.1) is 6.10 Å². The molecule has 2 saturated carbocycles. The minimum Gasteiger partial charge on any atom is -0.393 e. The Balaban J connectivity index is 1.96. The predicted molar refractivity (Wildman–Crippen MR) is 45.3 cm³/mol. The molecular weight excluding hydrogens is 136 g/mol. The third kappa shape index (κ3) is 1.58. The highest BCUT2D eigenvalue weighted by Gasteiger charge is 2.33. The monoisotopic (exact) mass is 154 g/mol.